The molecule has 0 fully saturated rings. The van der Waals surface area contributed by atoms with Gasteiger partial charge in [-0.2, -0.15) is 0 Å². The molecule has 27 heavy (non-hydrogen) atoms. The number of benzene rings is 1. The molecular weight excluding hydrogens is 432 g/mol. The van der Waals surface area contributed by atoms with Crippen molar-refractivity contribution in [2.75, 3.05) is 4.72 Å². The third kappa shape index (κ3) is 4.35. The fourth-order valence-corrected chi connectivity index (χ4v) is 7.00. The van der Waals surface area contributed by atoms with Crippen LogP contribution >= 0.6 is 22.7 Å². The smallest absolute Gasteiger partial charge is 0.273 e. The molecule has 2 heterocycles. The molecule has 0 aliphatic heterocycles. The Kier molecular flexibility index (Phi) is 5.33. The van der Waals surface area contributed by atoms with Gasteiger partial charge in [0.15, 0.2) is 5.13 Å². The van der Waals surface area contributed by atoms with Crippen LogP contribution in [0.15, 0.2) is 62.0 Å². The summed E-state index contributed by atoms with van der Waals surface area (Å²) in [6.07, 6.45) is 0.857. The maximum Gasteiger partial charge on any atom is 0.273 e. The van der Waals surface area contributed by atoms with Gasteiger partial charge in [-0.05, 0) is 18.2 Å². The average Bonchev–Trinajstić information content (AvgIpc) is 3.25. The Balaban J connectivity index is 1.85. The highest BCUT2D eigenvalue weighted by atomic mass is 32.2. The first-order chi connectivity index (χ1) is 12.7. The molecule has 0 atom stereocenters. The molecule has 0 aliphatic carbocycles. The molecule has 0 aliphatic rings. The number of rotatable bonds is 7. The number of carboxylic acid groups (broad SMARTS) is 1. The van der Waals surface area contributed by atoms with E-state index in [2.05, 4.69) is 9.71 Å². The lowest BCUT2D eigenvalue weighted by Gasteiger charge is -2.02. The van der Waals surface area contributed by atoms with Crippen molar-refractivity contribution < 1.29 is 26.7 Å². The van der Waals surface area contributed by atoms with Crippen molar-refractivity contribution in [3.63, 3.8) is 0 Å². The summed E-state index contributed by atoms with van der Waals surface area (Å²) in [5.74, 6) is -1.30. The summed E-state index contributed by atoms with van der Waals surface area (Å²) in [6.45, 7) is 0. The Morgan fingerprint density at radius 2 is 1.81 bits per heavy atom. The number of hydrogen-bond donors (Lipinski definition) is 1. The molecule has 3 rings (SSSR count). The van der Waals surface area contributed by atoms with Crippen LogP contribution < -0.4 is 9.83 Å². The van der Waals surface area contributed by atoms with Crippen LogP contribution in [0.5, 0.6) is 0 Å². The van der Waals surface area contributed by atoms with E-state index in [1.165, 1.54) is 23.7 Å². The molecule has 1 aromatic carbocycles. The molecule has 12 heteroatoms. The number of sulfonamides is 1. The van der Waals surface area contributed by atoms with Crippen LogP contribution in [0.1, 0.15) is 4.88 Å². The third-order valence-electron chi connectivity index (χ3n) is 3.27. The fourth-order valence-electron chi connectivity index (χ4n) is 2.06. The normalized spacial score (nSPS) is 12.0. The number of hydrogen-bond acceptors (Lipinski definition) is 9. The second kappa shape index (κ2) is 7.38. The summed E-state index contributed by atoms with van der Waals surface area (Å²) >= 11 is 1.61. The van der Waals surface area contributed by atoms with Crippen molar-refractivity contribution in [1.82, 2.24) is 4.98 Å². The van der Waals surface area contributed by atoms with Gasteiger partial charge < -0.3 is 9.90 Å². The minimum Gasteiger partial charge on any atom is -0.550 e. The Morgan fingerprint density at radius 1 is 1.11 bits per heavy atom. The van der Waals surface area contributed by atoms with Gasteiger partial charge in [0.05, 0.1) is 9.79 Å². The molecule has 2 aromatic heterocycles. The lowest BCUT2D eigenvalue weighted by Crippen LogP contribution is -2.23. The number of aromatic nitrogens is 1. The molecule has 0 bridgehead atoms. The molecule has 0 amide bonds. The zero-order chi connectivity index (χ0) is 19.7. The van der Waals surface area contributed by atoms with E-state index in [9.17, 15) is 26.7 Å². The molecule has 0 radical (unpaired) electrons. The molecule has 0 unspecified atom stereocenters. The number of thiazole rings is 1. The third-order valence-corrected chi connectivity index (χ3v) is 8.99. The Hall–Kier alpha value is -2.28. The Labute approximate surface area is 163 Å². The number of carboxylic acids is 1. The minimum atomic E-state index is -4.06. The predicted octanol–water partition coefficient (Wildman–Crippen LogP) is 1.13. The maximum atomic E-state index is 12.6. The summed E-state index contributed by atoms with van der Waals surface area (Å²) in [5, 5.41) is 11.8. The fraction of sp³-hybridized carbons (Fsp3) is 0.0667. The lowest BCUT2D eigenvalue weighted by atomic mass is 10.4. The van der Waals surface area contributed by atoms with Crippen LogP contribution in [-0.4, -0.2) is 27.8 Å². The summed E-state index contributed by atoms with van der Waals surface area (Å²) in [6, 6.07) is 8.75. The summed E-state index contributed by atoms with van der Waals surface area (Å²) in [5.41, 5.74) is 0. The predicted molar refractivity (Wildman–Crippen MR) is 97.8 cm³/mol. The highest BCUT2D eigenvalue weighted by molar-refractivity contribution is 7.95. The minimum absolute atomic E-state index is 0.0212. The largest absolute Gasteiger partial charge is 0.550 e. The van der Waals surface area contributed by atoms with Crippen LogP contribution in [0, 0.1) is 0 Å². The van der Waals surface area contributed by atoms with Gasteiger partial charge in [0, 0.05) is 28.8 Å². The number of carbonyl (C=O) groups excluding carboxylic acids is 1. The van der Waals surface area contributed by atoms with E-state index in [4.69, 9.17) is 0 Å². The quantitative estimate of drug-likeness (QED) is 0.578. The van der Waals surface area contributed by atoms with Crippen LogP contribution in [0.2, 0.25) is 0 Å². The van der Waals surface area contributed by atoms with Gasteiger partial charge in [-0.3, -0.25) is 4.72 Å². The molecule has 3 aromatic rings. The lowest BCUT2D eigenvalue weighted by molar-refractivity contribution is -0.304. The van der Waals surface area contributed by atoms with Gasteiger partial charge in [0.1, 0.15) is 4.21 Å². The number of nitrogens with one attached hydrogen (secondary N) is 1. The van der Waals surface area contributed by atoms with E-state index in [1.54, 1.807) is 18.2 Å². The van der Waals surface area contributed by atoms with Crippen molar-refractivity contribution in [2.24, 2.45) is 0 Å². The van der Waals surface area contributed by atoms with Crippen LogP contribution in [0.4, 0.5) is 5.13 Å². The number of nitrogens with zero attached hydrogens (tertiary/aromatic N) is 1. The highest BCUT2D eigenvalue weighted by Gasteiger charge is 2.24. The topological polar surface area (TPSA) is 133 Å². The molecule has 1 N–H and O–H groups in total. The first-order valence-corrected chi connectivity index (χ1v) is 11.9. The number of carbonyl (C=O) groups is 1. The van der Waals surface area contributed by atoms with E-state index < -0.39 is 25.8 Å². The van der Waals surface area contributed by atoms with Gasteiger partial charge in [-0.1, -0.05) is 18.2 Å². The average molecular weight is 444 g/mol. The second-order valence-electron chi connectivity index (χ2n) is 5.20. The van der Waals surface area contributed by atoms with Crippen molar-refractivity contribution in [3.05, 3.63) is 52.9 Å². The number of thiophene rings is 1. The second-order valence-corrected chi connectivity index (χ2v) is 11.1. The first-order valence-electron chi connectivity index (χ1n) is 7.24. The molecular formula is C15H11N2O6S4-. The molecule has 0 spiro atoms. The summed E-state index contributed by atoms with van der Waals surface area (Å²) in [7, 11) is -7.89. The number of sulfone groups is 1. The van der Waals surface area contributed by atoms with Gasteiger partial charge in [-0.15, -0.1) is 22.7 Å². The molecule has 8 nitrogen and oxygen atoms in total. The molecule has 142 valence electrons. The number of anilines is 1. The van der Waals surface area contributed by atoms with Gasteiger partial charge >= 0.3 is 0 Å². The Morgan fingerprint density at radius 3 is 2.48 bits per heavy atom. The monoisotopic (exact) mass is 443 g/mol. The maximum absolute atomic E-state index is 12.6. The van der Waals surface area contributed by atoms with Crippen molar-refractivity contribution in [1.29, 1.82) is 0 Å². The van der Waals surface area contributed by atoms with Gasteiger partial charge in [0.25, 0.3) is 10.0 Å². The Bertz CT molecular complexity index is 1180. The van der Waals surface area contributed by atoms with E-state index in [0.29, 0.717) is 4.88 Å². The van der Waals surface area contributed by atoms with Crippen LogP contribution in [0.25, 0.3) is 0 Å². The van der Waals surface area contributed by atoms with E-state index in [0.717, 1.165) is 28.7 Å². The molecule has 0 saturated carbocycles. The zero-order valence-corrected chi connectivity index (χ0v) is 16.6. The van der Waals surface area contributed by atoms with Gasteiger partial charge in [-0.25, -0.2) is 21.8 Å². The van der Waals surface area contributed by atoms with Crippen LogP contribution in [-0.2, 0) is 31.1 Å². The van der Waals surface area contributed by atoms with Crippen molar-refractivity contribution in [3.8, 4) is 0 Å². The van der Waals surface area contributed by atoms with Gasteiger partial charge in [0.2, 0.25) is 9.84 Å². The van der Waals surface area contributed by atoms with Crippen molar-refractivity contribution >= 4 is 53.6 Å². The molecule has 0 saturated heterocycles. The SMILES string of the molecule is O=C([O-])Cc1cnc(NS(=O)(=O)c2cc(S(=O)(=O)c3ccccc3)cs2)s1. The van der Waals surface area contributed by atoms with Crippen LogP contribution in [0.3, 0.4) is 0 Å². The van der Waals surface area contributed by atoms with E-state index >= 15 is 0 Å². The first kappa shape index (κ1) is 19.5. The summed E-state index contributed by atoms with van der Waals surface area (Å²) < 4.78 is 52.0. The summed E-state index contributed by atoms with van der Waals surface area (Å²) in [4.78, 5) is 14.6. The van der Waals surface area contributed by atoms with Crippen molar-refractivity contribution in [2.45, 2.75) is 20.4 Å². The highest BCUT2D eigenvalue weighted by Crippen LogP contribution is 2.30. The van der Waals surface area contributed by atoms with E-state index in [-0.39, 0.29) is 25.6 Å². The standard InChI is InChI=1S/C15H12N2O6S4/c18-13(19)6-10-8-16-15(25-10)17-27(22,23)14-7-12(9-24-14)26(20,21)11-4-2-1-3-5-11/h1-5,7-9H,6H2,(H,16,17)(H,18,19)/p-1. The van der Waals surface area contributed by atoms with E-state index in [1.807, 2.05) is 0 Å². The number of aliphatic carboxylic acids is 1. The zero-order valence-electron chi connectivity index (χ0n) is 13.4.